The Balaban J connectivity index is 2.97. The fourth-order valence-electron chi connectivity index (χ4n) is 1.12. The van der Waals surface area contributed by atoms with E-state index in [2.05, 4.69) is 15.9 Å². The van der Waals surface area contributed by atoms with Crippen molar-refractivity contribution in [1.29, 1.82) is 0 Å². The topological polar surface area (TPSA) is 52.6 Å². The van der Waals surface area contributed by atoms with E-state index < -0.39 is 5.97 Å². The Morgan fingerprint density at radius 3 is 2.88 bits per heavy atom. The van der Waals surface area contributed by atoms with Gasteiger partial charge in [0.1, 0.15) is 17.9 Å². The molecule has 0 atom stereocenters. The van der Waals surface area contributed by atoms with Crippen LogP contribution in [0.15, 0.2) is 22.7 Å². The van der Waals surface area contributed by atoms with Crippen LogP contribution in [0.4, 0.5) is 0 Å². The lowest BCUT2D eigenvalue weighted by molar-refractivity contribution is -0.109. The third kappa shape index (κ3) is 3.34. The lowest BCUT2D eigenvalue weighted by Gasteiger charge is -2.09. The van der Waals surface area contributed by atoms with Crippen molar-refractivity contribution in [3.05, 3.63) is 28.2 Å². The van der Waals surface area contributed by atoms with Crippen LogP contribution in [0.25, 0.3) is 0 Å². The molecule has 0 spiro atoms. The van der Waals surface area contributed by atoms with E-state index in [-0.39, 0.29) is 6.61 Å². The molecule has 0 saturated heterocycles. The second-order valence-corrected chi connectivity index (χ2v) is 3.75. The van der Waals surface area contributed by atoms with E-state index in [1.165, 1.54) is 0 Å². The number of benzene rings is 1. The fourth-order valence-corrected chi connectivity index (χ4v) is 1.48. The summed E-state index contributed by atoms with van der Waals surface area (Å²) in [7, 11) is 0. The summed E-state index contributed by atoms with van der Waals surface area (Å²) in [6, 6.07) is 4.93. The maximum Gasteiger partial charge on any atom is 0.341 e. The Kier molecular flexibility index (Phi) is 4.98. The van der Waals surface area contributed by atoms with E-state index in [9.17, 15) is 9.59 Å². The van der Waals surface area contributed by atoms with Gasteiger partial charge in [-0.2, -0.15) is 0 Å². The average molecular weight is 287 g/mol. The number of halogens is 1. The van der Waals surface area contributed by atoms with Crippen LogP contribution < -0.4 is 4.74 Å². The van der Waals surface area contributed by atoms with Crippen LogP contribution in [0, 0.1) is 0 Å². The van der Waals surface area contributed by atoms with Gasteiger partial charge >= 0.3 is 5.97 Å². The molecule has 0 unspecified atom stereocenters. The summed E-state index contributed by atoms with van der Waals surface area (Å²) in [5.74, 6) is -0.126. The lowest BCUT2D eigenvalue weighted by atomic mass is 10.2. The van der Waals surface area contributed by atoms with Crippen molar-refractivity contribution in [2.45, 2.75) is 6.92 Å². The summed E-state index contributed by atoms with van der Waals surface area (Å²) in [5, 5.41) is 0. The highest BCUT2D eigenvalue weighted by Crippen LogP contribution is 2.23. The molecule has 0 heterocycles. The van der Waals surface area contributed by atoms with Crippen molar-refractivity contribution >= 4 is 28.2 Å². The largest absolute Gasteiger partial charge is 0.485 e. The number of hydrogen-bond acceptors (Lipinski definition) is 4. The fraction of sp³-hybridized carbons (Fsp3) is 0.273. The Labute approximate surface area is 102 Å². The van der Waals surface area contributed by atoms with E-state index >= 15 is 0 Å². The van der Waals surface area contributed by atoms with E-state index in [4.69, 9.17) is 9.47 Å². The van der Waals surface area contributed by atoms with Crippen LogP contribution in [-0.2, 0) is 9.53 Å². The SMILES string of the molecule is CCOC(=O)c1cc(Br)ccc1OCC=O. The predicted octanol–water partition coefficient (Wildman–Crippen LogP) is 2.20. The molecule has 0 aromatic heterocycles. The monoisotopic (exact) mass is 286 g/mol. The number of rotatable bonds is 5. The van der Waals surface area contributed by atoms with Gasteiger partial charge in [0.2, 0.25) is 0 Å². The molecule has 0 N–H and O–H groups in total. The highest BCUT2D eigenvalue weighted by Gasteiger charge is 2.14. The molecule has 0 bridgehead atoms. The highest BCUT2D eigenvalue weighted by atomic mass is 79.9. The van der Waals surface area contributed by atoms with Crippen LogP contribution in [-0.4, -0.2) is 25.5 Å². The lowest BCUT2D eigenvalue weighted by Crippen LogP contribution is -2.08. The van der Waals surface area contributed by atoms with E-state index in [1.807, 2.05) is 0 Å². The summed E-state index contributed by atoms with van der Waals surface area (Å²) in [5.41, 5.74) is 0.304. The Hall–Kier alpha value is -1.36. The number of ether oxygens (including phenoxy) is 2. The average Bonchev–Trinajstić information content (AvgIpc) is 2.27. The Bertz CT molecular complexity index is 390. The first-order valence-corrected chi connectivity index (χ1v) is 5.51. The van der Waals surface area contributed by atoms with Gasteiger partial charge < -0.3 is 9.47 Å². The maximum absolute atomic E-state index is 11.6. The minimum Gasteiger partial charge on any atom is -0.485 e. The molecule has 86 valence electrons. The van der Waals surface area contributed by atoms with Gasteiger partial charge in [-0.1, -0.05) is 15.9 Å². The number of esters is 1. The van der Waals surface area contributed by atoms with Gasteiger partial charge in [-0.15, -0.1) is 0 Å². The van der Waals surface area contributed by atoms with Gasteiger partial charge in [0.05, 0.1) is 6.61 Å². The second kappa shape index (κ2) is 6.27. The molecule has 0 amide bonds. The van der Waals surface area contributed by atoms with E-state index in [1.54, 1.807) is 25.1 Å². The molecule has 0 aliphatic carbocycles. The predicted molar refractivity (Wildman–Crippen MR) is 61.7 cm³/mol. The van der Waals surface area contributed by atoms with Crippen molar-refractivity contribution in [3.8, 4) is 5.75 Å². The third-order valence-electron chi connectivity index (χ3n) is 1.74. The molecule has 1 rings (SSSR count). The van der Waals surface area contributed by atoms with Crippen LogP contribution in [0.5, 0.6) is 5.75 Å². The minimum atomic E-state index is -0.468. The Morgan fingerprint density at radius 2 is 2.25 bits per heavy atom. The number of carbonyl (C=O) groups is 2. The molecule has 0 aliphatic rings. The summed E-state index contributed by atoms with van der Waals surface area (Å²) >= 11 is 3.25. The smallest absolute Gasteiger partial charge is 0.341 e. The van der Waals surface area contributed by atoms with E-state index in [0.29, 0.717) is 24.2 Å². The number of hydrogen-bond donors (Lipinski definition) is 0. The first-order valence-electron chi connectivity index (χ1n) is 4.72. The van der Waals surface area contributed by atoms with Crippen molar-refractivity contribution < 1.29 is 19.1 Å². The minimum absolute atomic E-state index is 0.0892. The Morgan fingerprint density at radius 1 is 1.50 bits per heavy atom. The van der Waals surface area contributed by atoms with Gasteiger partial charge in [-0.25, -0.2) is 4.79 Å². The molecule has 16 heavy (non-hydrogen) atoms. The zero-order valence-corrected chi connectivity index (χ0v) is 10.3. The van der Waals surface area contributed by atoms with Gasteiger partial charge in [-0.05, 0) is 25.1 Å². The molecule has 0 aliphatic heterocycles. The summed E-state index contributed by atoms with van der Waals surface area (Å²) in [6.45, 7) is 1.92. The zero-order chi connectivity index (χ0) is 12.0. The highest BCUT2D eigenvalue weighted by molar-refractivity contribution is 9.10. The van der Waals surface area contributed by atoms with Gasteiger partial charge in [0.15, 0.2) is 6.29 Å². The molecule has 1 aromatic carbocycles. The molecule has 5 heteroatoms. The van der Waals surface area contributed by atoms with Gasteiger partial charge in [0.25, 0.3) is 0 Å². The second-order valence-electron chi connectivity index (χ2n) is 2.84. The van der Waals surface area contributed by atoms with Crippen molar-refractivity contribution in [1.82, 2.24) is 0 Å². The number of carbonyl (C=O) groups excluding carboxylic acids is 2. The van der Waals surface area contributed by atoms with Crippen LogP contribution in [0.1, 0.15) is 17.3 Å². The molecule has 4 nitrogen and oxygen atoms in total. The first kappa shape index (κ1) is 12.7. The van der Waals surface area contributed by atoms with Crippen molar-refractivity contribution in [3.63, 3.8) is 0 Å². The molecular weight excluding hydrogens is 276 g/mol. The molecule has 0 fully saturated rings. The molecule has 0 saturated carbocycles. The summed E-state index contributed by atoms with van der Waals surface area (Å²) < 4.78 is 10.7. The number of aldehydes is 1. The van der Waals surface area contributed by atoms with E-state index in [0.717, 1.165) is 4.47 Å². The quantitative estimate of drug-likeness (QED) is 0.615. The van der Waals surface area contributed by atoms with Crippen LogP contribution in [0.3, 0.4) is 0 Å². The maximum atomic E-state index is 11.6. The van der Waals surface area contributed by atoms with Crippen molar-refractivity contribution in [2.24, 2.45) is 0 Å². The van der Waals surface area contributed by atoms with Crippen LogP contribution in [0.2, 0.25) is 0 Å². The molecular formula is C11H11BrO4. The summed E-state index contributed by atoms with van der Waals surface area (Å²) in [4.78, 5) is 21.8. The standard InChI is InChI=1S/C11H11BrO4/c1-2-15-11(14)9-7-8(12)3-4-10(9)16-6-5-13/h3-5,7H,2,6H2,1H3. The summed E-state index contributed by atoms with van der Waals surface area (Å²) in [6.07, 6.45) is 0.622. The van der Waals surface area contributed by atoms with Gasteiger partial charge in [-0.3, -0.25) is 4.79 Å². The third-order valence-corrected chi connectivity index (χ3v) is 2.24. The van der Waals surface area contributed by atoms with Gasteiger partial charge in [0, 0.05) is 4.47 Å². The molecule has 1 aromatic rings. The first-order chi connectivity index (χ1) is 7.69. The zero-order valence-electron chi connectivity index (χ0n) is 8.73. The van der Waals surface area contributed by atoms with Crippen molar-refractivity contribution in [2.75, 3.05) is 13.2 Å². The normalized spacial score (nSPS) is 9.62. The molecule has 0 radical (unpaired) electrons. The van der Waals surface area contributed by atoms with Crippen LogP contribution >= 0.6 is 15.9 Å².